The molecule has 1 aromatic carbocycles. The predicted molar refractivity (Wildman–Crippen MR) is 76.0 cm³/mol. The van der Waals surface area contributed by atoms with E-state index in [-0.39, 0.29) is 0 Å². The van der Waals surface area contributed by atoms with Gasteiger partial charge in [-0.3, -0.25) is 0 Å². The molecule has 0 aromatic heterocycles. The minimum Gasteiger partial charge on any atom is -0.508 e. The summed E-state index contributed by atoms with van der Waals surface area (Å²) in [5.41, 5.74) is 1.14. The number of hydrogen-bond acceptors (Lipinski definition) is 2. The van der Waals surface area contributed by atoms with Crippen LogP contribution in [0.2, 0.25) is 0 Å². The Labute approximate surface area is 111 Å². The normalized spacial score (nSPS) is 18.1. The highest BCUT2D eigenvalue weighted by atomic mass is 16.3. The van der Waals surface area contributed by atoms with Crippen molar-refractivity contribution in [3.05, 3.63) is 29.8 Å². The lowest BCUT2D eigenvalue weighted by molar-refractivity contribution is 0.207. The smallest absolute Gasteiger partial charge is 0.119 e. The van der Waals surface area contributed by atoms with Crippen LogP contribution in [0.3, 0.4) is 0 Å². The molecule has 18 heavy (non-hydrogen) atoms. The number of benzene rings is 1. The molecule has 1 aliphatic rings. The summed E-state index contributed by atoms with van der Waals surface area (Å²) in [6, 6.07) is 7.82. The Hall–Kier alpha value is -1.02. The summed E-state index contributed by atoms with van der Waals surface area (Å²) < 4.78 is 0. The van der Waals surface area contributed by atoms with E-state index < -0.39 is 0 Å². The molecule has 1 saturated heterocycles. The SMILES string of the molecule is CCCCCN1CCC(c2ccccc2O)CC1. The van der Waals surface area contributed by atoms with E-state index in [9.17, 15) is 5.11 Å². The van der Waals surface area contributed by atoms with Crippen molar-refractivity contribution in [2.45, 2.75) is 44.9 Å². The second-order valence-electron chi connectivity index (χ2n) is 5.38. The maximum Gasteiger partial charge on any atom is 0.119 e. The number of nitrogens with zero attached hydrogens (tertiary/aromatic N) is 1. The van der Waals surface area contributed by atoms with Crippen molar-refractivity contribution in [3.8, 4) is 5.75 Å². The van der Waals surface area contributed by atoms with Crippen LogP contribution in [0.15, 0.2) is 24.3 Å². The van der Waals surface area contributed by atoms with Crippen molar-refractivity contribution < 1.29 is 5.11 Å². The van der Waals surface area contributed by atoms with E-state index >= 15 is 0 Å². The van der Waals surface area contributed by atoms with Crippen LogP contribution in [0, 0.1) is 0 Å². The van der Waals surface area contributed by atoms with Crippen LogP contribution in [-0.4, -0.2) is 29.6 Å². The average Bonchev–Trinajstić information content (AvgIpc) is 2.41. The molecule has 0 aliphatic carbocycles. The molecule has 0 bridgehead atoms. The molecular formula is C16H25NO. The Morgan fingerprint density at radius 3 is 2.56 bits per heavy atom. The van der Waals surface area contributed by atoms with Gasteiger partial charge in [-0.05, 0) is 56.4 Å². The van der Waals surface area contributed by atoms with Crippen molar-refractivity contribution in [3.63, 3.8) is 0 Å². The molecule has 1 N–H and O–H groups in total. The molecule has 2 nitrogen and oxygen atoms in total. The minimum atomic E-state index is 0.474. The molecule has 1 aliphatic heterocycles. The second-order valence-corrected chi connectivity index (χ2v) is 5.38. The van der Waals surface area contributed by atoms with Gasteiger partial charge < -0.3 is 10.0 Å². The van der Waals surface area contributed by atoms with Crippen molar-refractivity contribution >= 4 is 0 Å². The summed E-state index contributed by atoms with van der Waals surface area (Å²) >= 11 is 0. The lowest BCUT2D eigenvalue weighted by Crippen LogP contribution is -2.33. The van der Waals surface area contributed by atoms with E-state index in [1.807, 2.05) is 18.2 Å². The summed E-state index contributed by atoms with van der Waals surface area (Å²) in [5, 5.41) is 9.89. The quantitative estimate of drug-likeness (QED) is 0.801. The molecule has 0 spiro atoms. The van der Waals surface area contributed by atoms with Crippen molar-refractivity contribution in [1.29, 1.82) is 0 Å². The highest BCUT2D eigenvalue weighted by molar-refractivity contribution is 5.35. The van der Waals surface area contributed by atoms with Crippen LogP contribution >= 0.6 is 0 Å². The van der Waals surface area contributed by atoms with Gasteiger partial charge in [0.05, 0.1) is 0 Å². The van der Waals surface area contributed by atoms with Gasteiger partial charge in [0.1, 0.15) is 5.75 Å². The van der Waals surface area contributed by atoms with Crippen LogP contribution in [0.25, 0.3) is 0 Å². The van der Waals surface area contributed by atoms with Gasteiger partial charge in [-0.2, -0.15) is 0 Å². The minimum absolute atomic E-state index is 0.474. The van der Waals surface area contributed by atoms with Crippen LogP contribution < -0.4 is 0 Å². The van der Waals surface area contributed by atoms with Crippen molar-refractivity contribution in [2.75, 3.05) is 19.6 Å². The molecule has 100 valence electrons. The number of rotatable bonds is 5. The second kappa shape index (κ2) is 6.79. The lowest BCUT2D eigenvalue weighted by Gasteiger charge is -2.32. The molecule has 0 amide bonds. The summed E-state index contributed by atoms with van der Waals surface area (Å²) in [5.74, 6) is 1.02. The summed E-state index contributed by atoms with van der Waals surface area (Å²) in [7, 11) is 0. The Kier molecular flexibility index (Phi) is 5.06. The summed E-state index contributed by atoms with van der Waals surface area (Å²) in [6.07, 6.45) is 6.35. The fraction of sp³-hybridized carbons (Fsp3) is 0.625. The third kappa shape index (κ3) is 3.49. The van der Waals surface area contributed by atoms with E-state index in [2.05, 4.69) is 17.9 Å². The maximum absolute atomic E-state index is 9.89. The third-order valence-electron chi connectivity index (χ3n) is 4.04. The standard InChI is InChI=1S/C16H25NO/c1-2-3-6-11-17-12-9-14(10-13-17)15-7-4-5-8-16(15)18/h4-5,7-8,14,18H,2-3,6,9-13H2,1H3. The first-order valence-corrected chi connectivity index (χ1v) is 7.31. The number of unbranched alkanes of at least 4 members (excludes halogenated alkanes) is 2. The van der Waals surface area contributed by atoms with E-state index in [0.717, 1.165) is 5.56 Å². The molecule has 0 unspecified atom stereocenters. The molecule has 2 heteroatoms. The first-order chi connectivity index (χ1) is 8.81. The monoisotopic (exact) mass is 247 g/mol. The topological polar surface area (TPSA) is 23.5 Å². The van der Waals surface area contributed by atoms with E-state index in [1.165, 1.54) is 51.7 Å². The first-order valence-electron chi connectivity index (χ1n) is 7.31. The van der Waals surface area contributed by atoms with Crippen LogP contribution in [0.1, 0.15) is 50.5 Å². The number of aromatic hydroxyl groups is 1. The number of phenols is 1. The van der Waals surface area contributed by atoms with Crippen molar-refractivity contribution in [2.24, 2.45) is 0 Å². The maximum atomic E-state index is 9.89. The van der Waals surface area contributed by atoms with Crippen LogP contribution in [-0.2, 0) is 0 Å². The van der Waals surface area contributed by atoms with E-state index in [1.54, 1.807) is 0 Å². The van der Waals surface area contributed by atoms with Crippen molar-refractivity contribution in [1.82, 2.24) is 4.90 Å². The number of phenolic OH excluding ortho intramolecular Hbond substituents is 1. The van der Waals surface area contributed by atoms with Gasteiger partial charge in [0.2, 0.25) is 0 Å². The number of likely N-dealkylation sites (tertiary alicyclic amines) is 1. The van der Waals surface area contributed by atoms with Gasteiger partial charge in [-0.1, -0.05) is 38.0 Å². The zero-order valence-electron chi connectivity index (χ0n) is 11.4. The highest BCUT2D eigenvalue weighted by Crippen LogP contribution is 2.33. The fourth-order valence-corrected chi connectivity index (χ4v) is 2.89. The Bertz CT molecular complexity index is 356. The summed E-state index contributed by atoms with van der Waals surface area (Å²) in [4.78, 5) is 2.58. The molecule has 0 saturated carbocycles. The van der Waals surface area contributed by atoms with Gasteiger partial charge in [0, 0.05) is 0 Å². The fourth-order valence-electron chi connectivity index (χ4n) is 2.89. The lowest BCUT2D eigenvalue weighted by atomic mass is 9.89. The molecule has 2 rings (SSSR count). The number of para-hydroxylation sites is 1. The molecular weight excluding hydrogens is 222 g/mol. The van der Waals surface area contributed by atoms with Crippen LogP contribution in [0.5, 0.6) is 5.75 Å². The Morgan fingerprint density at radius 1 is 1.17 bits per heavy atom. The van der Waals surface area contributed by atoms with Crippen LogP contribution in [0.4, 0.5) is 0 Å². The van der Waals surface area contributed by atoms with Gasteiger partial charge in [-0.25, -0.2) is 0 Å². The first kappa shape index (κ1) is 13.4. The molecule has 1 heterocycles. The highest BCUT2D eigenvalue weighted by Gasteiger charge is 2.21. The van der Waals surface area contributed by atoms with Gasteiger partial charge in [-0.15, -0.1) is 0 Å². The summed E-state index contributed by atoms with van der Waals surface area (Å²) in [6.45, 7) is 5.87. The Balaban J connectivity index is 1.81. The zero-order valence-corrected chi connectivity index (χ0v) is 11.4. The van der Waals surface area contributed by atoms with Gasteiger partial charge >= 0.3 is 0 Å². The number of hydrogen-bond donors (Lipinski definition) is 1. The molecule has 0 atom stereocenters. The largest absolute Gasteiger partial charge is 0.508 e. The molecule has 0 radical (unpaired) electrons. The van der Waals surface area contributed by atoms with E-state index in [4.69, 9.17) is 0 Å². The number of piperidine rings is 1. The molecule has 1 fully saturated rings. The van der Waals surface area contributed by atoms with E-state index in [0.29, 0.717) is 11.7 Å². The average molecular weight is 247 g/mol. The van der Waals surface area contributed by atoms with Gasteiger partial charge in [0.25, 0.3) is 0 Å². The zero-order chi connectivity index (χ0) is 12.8. The molecule has 1 aromatic rings. The third-order valence-corrected chi connectivity index (χ3v) is 4.04. The Morgan fingerprint density at radius 2 is 1.89 bits per heavy atom. The van der Waals surface area contributed by atoms with Gasteiger partial charge in [0.15, 0.2) is 0 Å². The predicted octanol–water partition coefficient (Wildman–Crippen LogP) is 3.76.